The molecule has 1 unspecified atom stereocenters. The van der Waals surface area contributed by atoms with Gasteiger partial charge in [-0.25, -0.2) is 4.79 Å². The summed E-state index contributed by atoms with van der Waals surface area (Å²) in [5, 5.41) is 4.57. The molecule has 0 aliphatic rings. The van der Waals surface area contributed by atoms with Crippen LogP contribution in [0.1, 0.15) is 30.5 Å². The Kier molecular flexibility index (Phi) is 7.45. The van der Waals surface area contributed by atoms with E-state index in [1.807, 2.05) is 25.2 Å². The van der Waals surface area contributed by atoms with E-state index in [0.29, 0.717) is 17.9 Å². The van der Waals surface area contributed by atoms with Gasteiger partial charge in [0.15, 0.2) is 0 Å². The number of carbonyl (C=O) groups excluding carboxylic acids is 1. The van der Waals surface area contributed by atoms with Crippen LogP contribution >= 0.6 is 0 Å². The Balaban J connectivity index is 2.07. The molecule has 152 valence electrons. The molecule has 0 bridgehead atoms. The third-order valence-corrected chi connectivity index (χ3v) is 4.25. The normalized spacial score (nSPS) is 12.7. The second-order valence-corrected chi connectivity index (χ2v) is 6.83. The topological polar surface area (TPSA) is 50.4 Å². The Morgan fingerprint density at radius 1 is 1.07 bits per heavy atom. The summed E-state index contributed by atoms with van der Waals surface area (Å²) in [5.74, 6) is 0. The van der Waals surface area contributed by atoms with Gasteiger partial charge in [0.1, 0.15) is 6.04 Å². The van der Waals surface area contributed by atoms with E-state index in [-0.39, 0.29) is 12.5 Å². The third kappa shape index (κ3) is 6.56. The minimum Gasteiger partial charge on any atom is -0.374 e. The molecule has 1 atom stereocenters. The van der Waals surface area contributed by atoms with Crippen LogP contribution in [0.2, 0.25) is 0 Å². The van der Waals surface area contributed by atoms with E-state index < -0.39 is 18.2 Å². The van der Waals surface area contributed by atoms with Crippen LogP contribution in [-0.2, 0) is 17.8 Å². The fourth-order valence-corrected chi connectivity index (χ4v) is 2.65. The summed E-state index contributed by atoms with van der Waals surface area (Å²) < 4.78 is 45.7. The zero-order valence-electron chi connectivity index (χ0n) is 16.1. The van der Waals surface area contributed by atoms with Crippen LogP contribution in [0.4, 0.5) is 23.7 Å². The van der Waals surface area contributed by atoms with Crippen molar-refractivity contribution in [3.05, 3.63) is 65.2 Å². The number of halogens is 3. The zero-order valence-corrected chi connectivity index (χ0v) is 16.1. The summed E-state index contributed by atoms with van der Waals surface area (Å²) in [6.45, 7) is 5.98. The predicted molar refractivity (Wildman–Crippen MR) is 103 cm³/mol. The Bertz CT molecular complexity index is 777. The highest BCUT2D eigenvalue weighted by molar-refractivity contribution is 5.90. The molecule has 0 aliphatic carbocycles. The van der Waals surface area contributed by atoms with Crippen molar-refractivity contribution in [1.29, 1.82) is 0 Å². The molecule has 2 aromatic carbocycles. The SMILES string of the molecule is Cc1c(COC(C)C)cccc1NC(=O)NC(Cc1ccccc1)C(F)(F)F. The van der Waals surface area contributed by atoms with Crippen LogP contribution in [-0.4, -0.2) is 24.4 Å². The summed E-state index contributed by atoms with van der Waals surface area (Å²) in [7, 11) is 0. The van der Waals surface area contributed by atoms with E-state index >= 15 is 0 Å². The van der Waals surface area contributed by atoms with Crippen molar-refractivity contribution in [3.8, 4) is 0 Å². The summed E-state index contributed by atoms with van der Waals surface area (Å²) in [6, 6.07) is 10.6. The summed E-state index contributed by atoms with van der Waals surface area (Å²) in [5.41, 5.74) is 2.56. The molecule has 0 fully saturated rings. The largest absolute Gasteiger partial charge is 0.408 e. The number of benzene rings is 2. The van der Waals surface area contributed by atoms with Crippen LogP contribution in [0.15, 0.2) is 48.5 Å². The van der Waals surface area contributed by atoms with Crippen molar-refractivity contribution in [1.82, 2.24) is 5.32 Å². The lowest BCUT2D eigenvalue weighted by molar-refractivity contribution is -0.152. The minimum atomic E-state index is -4.56. The molecule has 0 spiro atoms. The highest BCUT2D eigenvalue weighted by Gasteiger charge is 2.40. The number of hydrogen-bond acceptors (Lipinski definition) is 2. The summed E-state index contributed by atoms with van der Waals surface area (Å²) >= 11 is 0. The molecule has 0 aliphatic heterocycles. The molecule has 2 N–H and O–H groups in total. The molecule has 2 rings (SSSR count). The van der Waals surface area contributed by atoms with E-state index in [1.54, 1.807) is 49.4 Å². The monoisotopic (exact) mass is 394 g/mol. The van der Waals surface area contributed by atoms with Crippen LogP contribution in [0.5, 0.6) is 0 Å². The number of alkyl halides is 3. The number of carbonyl (C=O) groups is 1. The van der Waals surface area contributed by atoms with Gasteiger partial charge >= 0.3 is 12.2 Å². The van der Waals surface area contributed by atoms with E-state index in [0.717, 1.165) is 11.1 Å². The van der Waals surface area contributed by atoms with Crippen molar-refractivity contribution >= 4 is 11.7 Å². The average Bonchev–Trinajstić information content (AvgIpc) is 2.62. The second kappa shape index (κ2) is 9.59. The number of anilines is 1. The second-order valence-electron chi connectivity index (χ2n) is 6.83. The van der Waals surface area contributed by atoms with E-state index in [9.17, 15) is 18.0 Å². The molecular formula is C21H25F3N2O2. The van der Waals surface area contributed by atoms with Gasteiger partial charge in [-0.3, -0.25) is 0 Å². The van der Waals surface area contributed by atoms with Gasteiger partial charge in [0.25, 0.3) is 0 Å². The molecule has 2 aromatic rings. The van der Waals surface area contributed by atoms with Crippen LogP contribution < -0.4 is 10.6 Å². The first-order valence-electron chi connectivity index (χ1n) is 9.05. The van der Waals surface area contributed by atoms with Crippen LogP contribution in [0.25, 0.3) is 0 Å². The fourth-order valence-electron chi connectivity index (χ4n) is 2.65. The number of hydrogen-bond donors (Lipinski definition) is 2. The Hall–Kier alpha value is -2.54. The standard InChI is InChI=1S/C21H25F3N2O2/c1-14(2)28-13-17-10-7-11-18(15(17)3)25-20(27)26-19(21(22,23)24)12-16-8-5-4-6-9-16/h4-11,14,19H,12-13H2,1-3H3,(H2,25,26,27). The van der Waals surface area contributed by atoms with Crippen molar-refractivity contribution in [2.75, 3.05) is 5.32 Å². The number of nitrogens with one attached hydrogen (secondary N) is 2. The smallest absolute Gasteiger partial charge is 0.374 e. The maximum absolute atomic E-state index is 13.4. The maximum Gasteiger partial charge on any atom is 0.408 e. The molecule has 0 aromatic heterocycles. The molecule has 0 radical (unpaired) electrons. The quantitative estimate of drug-likeness (QED) is 0.677. The van der Waals surface area contributed by atoms with Crippen LogP contribution in [0, 0.1) is 6.92 Å². The molecule has 0 saturated carbocycles. The first-order chi connectivity index (χ1) is 13.2. The number of ether oxygens (including phenoxy) is 1. The summed E-state index contributed by atoms with van der Waals surface area (Å²) in [6.07, 6.45) is -4.85. The Labute approximate surface area is 163 Å². The van der Waals surface area contributed by atoms with Crippen molar-refractivity contribution in [3.63, 3.8) is 0 Å². The van der Waals surface area contributed by atoms with Gasteiger partial charge in [-0.1, -0.05) is 42.5 Å². The molecule has 7 heteroatoms. The van der Waals surface area contributed by atoms with E-state index in [2.05, 4.69) is 5.32 Å². The molecule has 28 heavy (non-hydrogen) atoms. The van der Waals surface area contributed by atoms with Gasteiger partial charge in [0, 0.05) is 12.1 Å². The predicted octanol–water partition coefficient (Wildman–Crippen LogP) is 5.22. The first-order valence-corrected chi connectivity index (χ1v) is 9.05. The van der Waals surface area contributed by atoms with Crippen LogP contribution in [0.3, 0.4) is 0 Å². The number of rotatable bonds is 7. The lowest BCUT2D eigenvalue weighted by Gasteiger charge is -2.22. The molecule has 2 amide bonds. The van der Waals surface area contributed by atoms with E-state index in [4.69, 9.17) is 4.74 Å². The van der Waals surface area contributed by atoms with E-state index in [1.165, 1.54) is 0 Å². The van der Waals surface area contributed by atoms with Gasteiger partial charge < -0.3 is 15.4 Å². The van der Waals surface area contributed by atoms with Gasteiger partial charge in [-0.2, -0.15) is 13.2 Å². The average molecular weight is 394 g/mol. The molecule has 0 heterocycles. The minimum absolute atomic E-state index is 0.0462. The van der Waals surface area contributed by atoms with Crippen molar-refractivity contribution in [2.45, 2.75) is 52.1 Å². The Morgan fingerprint density at radius 3 is 2.36 bits per heavy atom. The lowest BCUT2D eigenvalue weighted by atomic mass is 10.1. The fraction of sp³-hybridized carbons (Fsp3) is 0.381. The van der Waals surface area contributed by atoms with Gasteiger partial charge in [-0.05, 0) is 43.5 Å². The molecule has 4 nitrogen and oxygen atoms in total. The maximum atomic E-state index is 13.4. The van der Waals surface area contributed by atoms with Gasteiger partial charge in [-0.15, -0.1) is 0 Å². The highest BCUT2D eigenvalue weighted by Crippen LogP contribution is 2.24. The van der Waals surface area contributed by atoms with Crippen molar-refractivity contribution in [2.24, 2.45) is 0 Å². The lowest BCUT2D eigenvalue weighted by Crippen LogP contribution is -2.48. The number of amides is 2. The molecule has 0 saturated heterocycles. The van der Waals surface area contributed by atoms with Crippen molar-refractivity contribution < 1.29 is 22.7 Å². The summed E-state index contributed by atoms with van der Waals surface area (Å²) in [4.78, 5) is 12.2. The zero-order chi connectivity index (χ0) is 20.7. The van der Waals surface area contributed by atoms with Gasteiger partial charge in [0.2, 0.25) is 0 Å². The molecular weight excluding hydrogens is 369 g/mol. The number of urea groups is 1. The third-order valence-electron chi connectivity index (χ3n) is 4.25. The Morgan fingerprint density at radius 2 is 1.75 bits per heavy atom. The van der Waals surface area contributed by atoms with Gasteiger partial charge in [0.05, 0.1) is 12.7 Å². The first kappa shape index (κ1) is 21.8. The highest BCUT2D eigenvalue weighted by atomic mass is 19.4.